The van der Waals surface area contributed by atoms with Crippen LogP contribution in [0.1, 0.15) is 16.7 Å². The van der Waals surface area contributed by atoms with Gasteiger partial charge >= 0.3 is 0 Å². The number of aryl methyl sites for hydroxylation is 1. The summed E-state index contributed by atoms with van der Waals surface area (Å²) in [5.41, 5.74) is 2.62. The molecule has 4 rings (SSSR count). The average Bonchev–Trinajstić information content (AvgIpc) is 3.17. The minimum atomic E-state index is -0.562. The van der Waals surface area contributed by atoms with Gasteiger partial charge in [0.05, 0.1) is 11.2 Å². The third-order valence-corrected chi connectivity index (χ3v) is 4.56. The van der Waals surface area contributed by atoms with E-state index in [2.05, 4.69) is 10.1 Å². The Bertz CT molecular complexity index is 1150. The Kier molecular flexibility index (Phi) is 3.80. The maximum atomic E-state index is 14.0. The minimum absolute atomic E-state index is 0.0327. The van der Waals surface area contributed by atoms with Crippen molar-refractivity contribution in [3.63, 3.8) is 0 Å². The summed E-state index contributed by atoms with van der Waals surface area (Å²) in [5.74, 6) is -0.612. The molecule has 6 heteroatoms. The summed E-state index contributed by atoms with van der Waals surface area (Å²) >= 11 is 0. The van der Waals surface area contributed by atoms with E-state index in [0.29, 0.717) is 22.9 Å². The van der Waals surface area contributed by atoms with Gasteiger partial charge in [-0.3, -0.25) is 4.79 Å². The number of aromatic nitrogens is 3. The summed E-state index contributed by atoms with van der Waals surface area (Å²) in [7, 11) is 0. The van der Waals surface area contributed by atoms with Gasteiger partial charge in [-0.25, -0.2) is 9.07 Å². The molecular formula is C20H16FN3O2. The SMILES string of the molecule is Cc1c(Cc2ccc(-n3cccn3)cc2)c(=O)[nH]c2c(F)ccc(O)c12. The third kappa shape index (κ3) is 2.65. The molecule has 0 aliphatic heterocycles. The number of phenolic OH excluding ortho intramolecular Hbond substituents is 1. The highest BCUT2D eigenvalue weighted by atomic mass is 19.1. The van der Waals surface area contributed by atoms with Crippen molar-refractivity contribution in [1.82, 2.24) is 14.8 Å². The maximum absolute atomic E-state index is 14.0. The molecule has 0 bridgehead atoms. The number of nitrogens with zero attached hydrogens (tertiary/aromatic N) is 2. The van der Waals surface area contributed by atoms with E-state index in [0.717, 1.165) is 17.3 Å². The fourth-order valence-electron chi connectivity index (χ4n) is 3.18. The summed E-state index contributed by atoms with van der Waals surface area (Å²) < 4.78 is 15.7. The van der Waals surface area contributed by atoms with Crippen molar-refractivity contribution in [2.45, 2.75) is 13.3 Å². The van der Waals surface area contributed by atoms with E-state index in [-0.39, 0.29) is 16.8 Å². The van der Waals surface area contributed by atoms with Crippen molar-refractivity contribution in [3.05, 3.63) is 87.7 Å². The van der Waals surface area contributed by atoms with E-state index in [4.69, 9.17) is 0 Å². The van der Waals surface area contributed by atoms with Crippen LogP contribution in [0.2, 0.25) is 0 Å². The lowest BCUT2D eigenvalue weighted by Gasteiger charge is -2.11. The van der Waals surface area contributed by atoms with Crippen molar-refractivity contribution in [1.29, 1.82) is 0 Å². The molecule has 0 saturated heterocycles. The number of nitrogens with one attached hydrogen (secondary N) is 1. The van der Waals surface area contributed by atoms with Crippen LogP contribution in [0.4, 0.5) is 4.39 Å². The lowest BCUT2D eigenvalue weighted by molar-refractivity contribution is 0.479. The van der Waals surface area contributed by atoms with Gasteiger partial charge in [-0.15, -0.1) is 0 Å². The molecule has 0 fully saturated rings. The van der Waals surface area contributed by atoms with Crippen molar-refractivity contribution in [3.8, 4) is 11.4 Å². The molecule has 2 heterocycles. The first kappa shape index (κ1) is 16.1. The molecule has 4 aromatic rings. The first-order chi connectivity index (χ1) is 12.5. The van der Waals surface area contributed by atoms with Crippen LogP contribution in [0.5, 0.6) is 5.75 Å². The lowest BCUT2D eigenvalue weighted by Crippen LogP contribution is -2.16. The number of H-pyrrole nitrogens is 1. The molecule has 0 unspecified atom stereocenters. The van der Waals surface area contributed by atoms with Crippen molar-refractivity contribution >= 4 is 10.9 Å². The molecule has 0 aliphatic rings. The highest BCUT2D eigenvalue weighted by Gasteiger charge is 2.15. The van der Waals surface area contributed by atoms with Crippen molar-refractivity contribution in [2.24, 2.45) is 0 Å². The molecule has 2 aromatic carbocycles. The molecule has 0 spiro atoms. The van der Waals surface area contributed by atoms with Crippen LogP contribution >= 0.6 is 0 Å². The standard InChI is InChI=1S/C20H16FN3O2/c1-12-15(20(26)23-19-16(21)7-8-17(25)18(12)19)11-13-3-5-14(6-4-13)24-10-2-9-22-24/h2-10,25H,11H2,1H3,(H,23,26). The van der Waals surface area contributed by atoms with Crippen LogP contribution in [-0.2, 0) is 6.42 Å². The largest absolute Gasteiger partial charge is 0.507 e. The van der Waals surface area contributed by atoms with Gasteiger partial charge in [0.1, 0.15) is 11.6 Å². The summed E-state index contributed by atoms with van der Waals surface area (Å²) in [4.78, 5) is 15.0. The van der Waals surface area contributed by atoms with E-state index < -0.39 is 5.82 Å². The second kappa shape index (κ2) is 6.15. The zero-order chi connectivity index (χ0) is 18.3. The predicted molar refractivity (Wildman–Crippen MR) is 97.3 cm³/mol. The second-order valence-corrected chi connectivity index (χ2v) is 6.17. The Morgan fingerprint density at radius 3 is 2.65 bits per heavy atom. The zero-order valence-electron chi connectivity index (χ0n) is 14.0. The van der Waals surface area contributed by atoms with Gasteiger partial charge in [0.15, 0.2) is 0 Å². The molecule has 5 nitrogen and oxygen atoms in total. The molecule has 0 aliphatic carbocycles. The second-order valence-electron chi connectivity index (χ2n) is 6.17. The number of fused-ring (bicyclic) bond motifs is 1. The smallest absolute Gasteiger partial charge is 0.252 e. The summed E-state index contributed by atoms with van der Waals surface area (Å²) in [6, 6.07) is 12.0. The summed E-state index contributed by atoms with van der Waals surface area (Å²) in [5, 5.41) is 14.6. The Hall–Kier alpha value is -3.41. The van der Waals surface area contributed by atoms with Crippen LogP contribution in [0.25, 0.3) is 16.6 Å². The van der Waals surface area contributed by atoms with Crippen LogP contribution in [0.15, 0.2) is 59.7 Å². The normalized spacial score (nSPS) is 11.2. The van der Waals surface area contributed by atoms with Crippen LogP contribution in [0, 0.1) is 12.7 Å². The van der Waals surface area contributed by atoms with E-state index >= 15 is 0 Å². The van der Waals surface area contributed by atoms with Crippen LogP contribution < -0.4 is 5.56 Å². The van der Waals surface area contributed by atoms with E-state index in [1.807, 2.05) is 36.5 Å². The Morgan fingerprint density at radius 2 is 1.96 bits per heavy atom. The van der Waals surface area contributed by atoms with E-state index in [9.17, 15) is 14.3 Å². The van der Waals surface area contributed by atoms with E-state index in [1.165, 1.54) is 6.07 Å². The van der Waals surface area contributed by atoms with Crippen molar-refractivity contribution in [2.75, 3.05) is 0 Å². The fourth-order valence-corrected chi connectivity index (χ4v) is 3.18. The summed E-state index contributed by atoms with van der Waals surface area (Å²) in [6.07, 6.45) is 3.94. The van der Waals surface area contributed by atoms with Gasteiger partial charge in [0.2, 0.25) is 0 Å². The first-order valence-electron chi connectivity index (χ1n) is 8.16. The number of hydrogen-bond donors (Lipinski definition) is 2. The lowest BCUT2D eigenvalue weighted by atomic mass is 9.98. The van der Waals surface area contributed by atoms with Crippen molar-refractivity contribution < 1.29 is 9.50 Å². The van der Waals surface area contributed by atoms with E-state index in [1.54, 1.807) is 17.8 Å². The molecular weight excluding hydrogens is 333 g/mol. The predicted octanol–water partition coefficient (Wildman–Crippen LogP) is 3.46. The number of benzene rings is 2. The van der Waals surface area contributed by atoms with Gasteiger partial charge in [-0.1, -0.05) is 12.1 Å². The Labute approximate surface area is 148 Å². The third-order valence-electron chi connectivity index (χ3n) is 4.56. The molecule has 130 valence electrons. The first-order valence-corrected chi connectivity index (χ1v) is 8.16. The van der Waals surface area contributed by atoms with Crippen LogP contribution in [-0.4, -0.2) is 19.9 Å². The molecule has 2 N–H and O–H groups in total. The molecule has 0 radical (unpaired) electrons. The number of hydrogen-bond acceptors (Lipinski definition) is 3. The molecule has 0 amide bonds. The average molecular weight is 349 g/mol. The monoisotopic (exact) mass is 349 g/mol. The Balaban J connectivity index is 1.76. The number of halogens is 1. The number of aromatic hydroxyl groups is 1. The molecule has 26 heavy (non-hydrogen) atoms. The number of pyridine rings is 1. The quantitative estimate of drug-likeness (QED) is 0.595. The molecule has 0 atom stereocenters. The van der Waals surface area contributed by atoms with Gasteiger partial charge in [-0.05, 0) is 48.4 Å². The zero-order valence-corrected chi connectivity index (χ0v) is 14.0. The number of phenols is 1. The topological polar surface area (TPSA) is 70.9 Å². The van der Waals surface area contributed by atoms with Crippen LogP contribution in [0.3, 0.4) is 0 Å². The fraction of sp³-hybridized carbons (Fsp3) is 0.100. The summed E-state index contributed by atoms with van der Waals surface area (Å²) in [6.45, 7) is 1.73. The molecule has 0 saturated carbocycles. The Morgan fingerprint density at radius 1 is 1.19 bits per heavy atom. The van der Waals surface area contributed by atoms with Gasteiger partial charge in [-0.2, -0.15) is 5.10 Å². The number of aromatic amines is 1. The minimum Gasteiger partial charge on any atom is -0.507 e. The molecule has 2 aromatic heterocycles. The van der Waals surface area contributed by atoms with Gasteiger partial charge in [0.25, 0.3) is 5.56 Å². The number of rotatable bonds is 3. The maximum Gasteiger partial charge on any atom is 0.252 e. The van der Waals surface area contributed by atoms with Gasteiger partial charge in [0, 0.05) is 29.8 Å². The highest BCUT2D eigenvalue weighted by Crippen LogP contribution is 2.29. The van der Waals surface area contributed by atoms with Gasteiger partial charge < -0.3 is 10.1 Å². The highest BCUT2D eigenvalue weighted by molar-refractivity contribution is 5.89.